The van der Waals surface area contributed by atoms with Crippen molar-refractivity contribution in [1.29, 1.82) is 0 Å². The van der Waals surface area contributed by atoms with Gasteiger partial charge in [-0.15, -0.1) is 11.8 Å². The van der Waals surface area contributed by atoms with Crippen LogP contribution in [0.5, 0.6) is 0 Å². The summed E-state index contributed by atoms with van der Waals surface area (Å²) in [5.74, 6) is -1.24. The second-order valence-electron chi connectivity index (χ2n) is 8.39. The normalized spacial score (nSPS) is 23.9. The third-order valence-electron chi connectivity index (χ3n) is 6.34. The molecule has 0 saturated carbocycles. The van der Waals surface area contributed by atoms with E-state index in [1.165, 1.54) is 40.4 Å². The molecule has 2 aliphatic rings. The average molecular weight is 564 g/mol. The van der Waals surface area contributed by atoms with E-state index in [4.69, 9.17) is 28.2 Å². The molecule has 2 aliphatic heterocycles. The van der Waals surface area contributed by atoms with Crippen LogP contribution in [0.1, 0.15) is 12.0 Å². The molecule has 0 amide bonds. The summed E-state index contributed by atoms with van der Waals surface area (Å²) < 4.78 is 43.5. The number of nitrogens with zero attached hydrogens (tertiary/aromatic N) is 4. The van der Waals surface area contributed by atoms with Crippen molar-refractivity contribution >= 4 is 51.6 Å². The Bertz CT molecular complexity index is 1160. The molecule has 1 unspecified atom stereocenters. The van der Waals surface area contributed by atoms with Gasteiger partial charge in [0.05, 0.1) is 10.8 Å². The molecular formula is C22H25Cl2FN4O4S2. The van der Waals surface area contributed by atoms with Gasteiger partial charge in [-0.2, -0.15) is 4.42 Å². The van der Waals surface area contributed by atoms with Crippen molar-refractivity contribution in [3.8, 4) is 0 Å². The fraction of sp³-hybridized carbons (Fsp3) is 0.409. The minimum atomic E-state index is -4.26. The van der Waals surface area contributed by atoms with Crippen molar-refractivity contribution < 1.29 is 22.4 Å². The van der Waals surface area contributed by atoms with Gasteiger partial charge < -0.3 is 4.84 Å². The van der Waals surface area contributed by atoms with Gasteiger partial charge in [-0.3, -0.25) is 14.6 Å². The van der Waals surface area contributed by atoms with Crippen LogP contribution < -0.4 is 0 Å². The first-order chi connectivity index (χ1) is 16.7. The van der Waals surface area contributed by atoms with Gasteiger partial charge in [0.1, 0.15) is 5.82 Å². The van der Waals surface area contributed by atoms with Gasteiger partial charge in [0, 0.05) is 46.5 Å². The third kappa shape index (κ3) is 5.19. The van der Waals surface area contributed by atoms with Gasteiger partial charge in [-0.1, -0.05) is 29.8 Å². The lowest BCUT2D eigenvalue weighted by Gasteiger charge is -2.47. The quantitative estimate of drug-likeness (QED) is 0.199. The standard InChI is InChI=1S/C22H25Cl2FN4O4S2/c1-26(19-9-10-27(13-19)12-17-11-18(23)7-8-21(17)25)22(14-34-15-28(22)24)29(33-16-30)35(31,32)20-5-3-2-4-6-20/h2-8,11,16,19H,9-10,12-15H2,1H3/t19?,22-/m1/s1. The van der Waals surface area contributed by atoms with Gasteiger partial charge in [0.15, 0.2) is 0 Å². The Morgan fingerprint density at radius 1 is 1.29 bits per heavy atom. The van der Waals surface area contributed by atoms with Crippen LogP contribution in [0.4, 0.5) is 4.39 Å². The first kappa shape index (κ1) is 26.6. The summed E-state index contributed by atoms with van der Waals surface area (Å²) in [6.07, 6.45) is 0.677. The van der Waals surface area contributed by atoms with Crippen LogP contribution >= 0.6 is 35.1 Å². The second-order valence-corrected chi connectivity index (χ2v) is 11.9. The Kier molecular flexibility index (Phi) is 8.29. The lowest BCUT2D eigenvalue weighted by Crippen LogP contribution is -2.69. The Hall–Kier alpha value is -1.44. The Balaban J connectivity index is 1.62. The minimum Gasteiger partial charge on any atom is -0.352 e. The minimum absolute atomic E-state index is 0.0268. The van der Waals surface area contributed by atoms with E-state index in [0.29, 0.717) is 47.0 Å². The maximum Gasteiger partial charge on any atom is 0.314 e. The molecular weight excluding hydrogens is 538 g/mol. The largest absolute Gasteiger partial charge is 0.352 e. The van der Waals surface area contributed by atoms with Gasteiger partial charge in [0.2, 0.25) is 5.79 Å². The topological polar surface area (TPSA) is 73.4 Å². The van der Waals surface area contributed by atoms with Crippen LogP contribution in [0.25, 0.3) is 0 Å². The summed E-state index contributed by atoms with van der Waals surface area (Å²) in [7, 11) is -2.50. The number of benzene rings is 2. The smallest absolute Gasteiger partial charge is 0.314 e. The molecule has 0 spiro atoms. The molecule has 0 bridgehead atoms. The van der Waals surface area contributed by atoms with Gasteiger partial charge >= 0.3 is 6.47 Å². The molecule has 0 aliphatic carbocycles. The van der Waals surface area contributed by atoms with E-state index >= 15 is 0 Å². The lowest BCUT2D eigenvalue weighted by molar-refractivity contribution is -0.217. The number of likely N-dealkylation sites (N-methyl/N-ethyl adjacent to an activating group) is 1. The molecule has 2 atom stereocenters. The summed E-state index contributed by atoms with van der Waals surface area (Å²) in [6.45, 7) is 1.64. The van der Waals surface area contributed by atoms with E-state index in [0.717, 1.165) is 0 Å². The molecule has 2 aromatic carbocycles. The number of rotatable bonds is 9. The average Bonchev–Trinajstić information content (AvgIpc) is 3.47. The maximum atomic E-state index is 14.3. The number of carbonyl (C=O) groups excluding carboxylic acids is 1. The number of sulfonamides is 1. The number of thioether (sulfide) groups is 1. The zero-order valence-electron chi connectivity index (χ0n) is 18.9. The van der Waals surface area contributed by atoms with Crippen LogP contribution in [0.15, 0.2) is 53.4 Å². The Morgan fingerprint density at radius 2 is 2.03 bits per heavy atom. The molecule has 2 saturated heterocycles. The van der Waals surface area contributed by atoms with E-state index in [-0.39, 0.29) is 29.0 Å². The monoisotopic (exact) mass is 562 g/mol. The van der Waals surface area contributed by atoms with Crippen molar-refractivity contribution in [1.82, 2.24) is 18.7 Å². The molecule has 13 heteroatoms. The number of halogens is 3. The fourth-order valence-corrected chi connectivity index (χ4v) is 8.08. The molecule has 190 valence electrons. The molecule has 35 heavy (non-hydrogen) atoms. The summed E-state index contributed by atoms with van der Waals surface area (Å²) in [6, 6.07) is 12.0. The van der Waals surface area contributed by atoms with Crippen LogP contribution in [0.2, 0.25) is 5.02 Å². The molecule has 4 rings (SSSR count). The van der Waals surface area contributed by atoms with Crippen molar-refractivity contribution in [2.24, 2.45) is 0 Å². The van der Waals surface area contributed by atoms with Crippen molar-refractivity contribution in [3.05, 3.63) is 64.9 Å². The van der Waals surface area contributed by atoms with E-state index in [2.05, 4.69) is 4.90 Å². The zero-order valence-corrected chi connectivity index (χ0v) is 22.0. The number of hydrogen-bond donors (Lipinski definition) is 0. The second kappa shape index (κ2) is 10.9. The fourth-order valence-electron chi connectivity index (χ4n) is 4.51. The van der Waals surface area contributed by atoms with Crippen LogP contribution in [-0.4, -0.2) is 77.2 Å². The molecule has 0 aromatic heterocycles. The number of hydroxylamine groups is 1. The number of hydrogen-bond acceptors (Lipinski definition) is 8. The first-order valence-corrected chi connectivity index (χ1v) is 14.1. The van der Waals surface area contributed by atoms with E-state index in [1.807, 2.05) is 4.90 Å². The van der Waals surface area contributed by atoms with Crippen LogP contribution in [0.3, 0.4) is 0 Å². The van der Waals surface area contributed by atoms with Crippen LogP contribution in [-0.2, 0) is 26.2 Å². The molecule has 0 radical (unpaired) electrons. The molecule has 2 fully saturated rings. The number of carbonyl (C=O) groups is 1. The highest BCUT2D eigenvalue weighted by Crippen LogP contribution is 2.42. The van der Waals surface area contributed by atoms with Crippen molar-refractivity contribution in [2.45, 2.75) is 29.7 Å². The van der Waals surface area contributed by atoms with Gasteiger partial charge in [-0.05, 0) is 55.6 Å². The first-order valence-electron chi connectivity index (χ1n) is 10.8. The van der Waals surface area contributed by atoms with E-state index in [9.17, 15) is 17.6 Å². The van der Waals surface area contributed by atoms with Crippen molar-refractivity contribution in [2.75, 3.05) is 31.8 Å². The summed E-state index contributed by atoms with van der Waals surface area (Å²) in [4.78, 5) is 20.5. The van der Waals surface area contributed by atoms with E-state index < -0.39 is 15.8 Å². The summed E-state index contributed by atoms with van der Waals surface area (Å²) in [5.41, 5.74) is 0.489. The highest BCUT2D eigenvalue weighted by atomic mass is 35.5. The van der Waals surface area contributed by atoms with Gasteiger partial charge in [0.25, 0.3) is 10.0 Å². The number of likely N-dealkylation sites (tertiary alicyclic amines) is 1. The SMILES string of the molecule is CN(C1CCN(Cc2cc(Cl)ccc2F)C1)[C@]1(N(OC=O)S(=O)(=O)c2ccccc2)CSCN1Cl. The highest BCUT2D eigenvalue weighted by Gasteiger charge is 2.58. The molecule has 2 aromatic rings. The van der Waals surface area contributed by atoms with Crippen molar-refractivity contribution in [3.63, 3.8) is 0 Å². The molecule has 8 nitrogen and oxygen atoms in total. The summed E-state index contributed by atoms with van der Waals surface area (Å²) in [5, 5.41) is 0.460. The van der Waals surface area contributed by atoms with E-state index in [1.54, 1.807) is 31.3 Å². The predicted octanol–water partition coefficient (Wildman–Crippen LogP) is 3.58. The predicted molar refractivity (Wildman–Crippen MR) is 133 cm³/mol. The zero-order chi connectivity index (χ0) is 25.2. The van der Waals surface area contributed by atoms with Gasteiger partial charge in [-0.25, -0.2) is 12.8 Å². The lowest BCUT2D eigenvalue weighted by atomic mass is 10.2. The highest BCUT2D eigenvalue weighted by molar-refractivity contribution is 7.99. The maximum absolute atomic E-state index is 14.3. The summed E-state index contributed by atoms with van der Waals surface area (Å²) >= 11 is 14.1. The third-order valence-corrected chi connectivity index (χ3v) is 9.82. The Morgan fingerprint density at radius 3 is 2.69 bits per heavy atom. The van der Waals surface area contributed by atoms with Crippen LogP contribution in [0, 0.1) is 5.82 Å². The molecule has 0 N–H and O–H groups in total. The molecule has 2 heterocycles. The Labute approximate surface area is 218 Å².